The van der Waals surface area contributed by atoms with E-state index in [4.69, 9.17) is 0 Å². The molecule has 0 aromatic carbocycles. The molecule has 0 spiro atoms. The maximum absolute atomic E-state index is 11.0. The predicted octanol–water partition coefficient (Wildman–Crippen LogP) is 0.697. The molecule has 0 fully saturated rings. The van der Waals surface area contributed by atoms with E-state index in [1.54, 1.807) is 13.1 Å². The van der Waals surface area contributed by atoms with E-state index in [9.17, 15) is 8.42 Å². The van der Waals surface area contributed by atoms with Gasteiger partial charge in [-0.25, -0.2) is 18.4 Å². The van der Waals surface area contributed by atoms with E-state index in [1.807, 2.05) is 6.26 Å². The fourth-order valence-corrected chi connectivity index (χ4v) is 1.95. The summed E-state index contributed by atoms with van der Waals surface area (Å²) in [5, 5.41) is 6.53. The lowest BCUT2D eigenvalue weighted by molar-refractivity contribution is 0.602. The lowest BCUT2D eigenvalue weighted by Crippen LogP contribution is -2.15. The van der Waals surface area contributed by atoms with Gasteiger partial charge < -0.3 is 10.6 Å². The van der Waals surface area contributed by atoms with Crippen molar-refractivity contribution in [3.05, 3.63) is 6.07 Å². The van der Waals surface area contributed by atoms with Crippen molar-refractivity contribution in [2.24, 2.45) is 0 Å². The molecule has 1 aromatic heterocycles. The molecule has 1 rings (SSSR count). The van der Waals surface area contributed by atoms with Crippen LogP contribution in [-0.2, 0) is 9.84 Å². The molecule has 8 heteroatoms. The molecular weight excluding hydrogens is 260 g/mol. The molecule has 0 aliphatic carbocycles. The number of aromatic nitrogens is 2. The number of hydrogen-bond donors (Lipinski definition) is 2. The quantitative estimate of drug-likeness (QED) is 0.584. The van der Waals surface area contributed by atoms with E-state index < -0.39 is 9.84 Å². The maximum Gasteiger partial charge on any atom is 0.191 e. The van der Waals surface area contributed by atoms with Crippen LogP contribution < -0.4 is 10.6 Å². The topological polar surface area (TPSA) is 84.0 Å². The van der Waals surface area contributed by atoms with Gasteiger partial charge in [-0.3, -0.25) is 0 Å². The molecule has 96 valence electrons. The van der Waals surface area contributed by atoms with Gasteiger partial charge in [0.05, 0.1) is 5.75 Å². The van der Waals surface area contributed by atoms with Crippen LogP contribution in [0.2, 0.25) is 0 Å². The number of anilines is 2. The SMILES string of the molecule is CNc1cc(NCCS(C)(=O)=O)nc(SC)n1. The minimum Gasteiger partial charge on any atom is -0.373 e. The van der Waals surface area contributed by atoms with Crippen LogP contribution in [0.4, 0.5) is 11.6 Å². The third-order valence-electron chi connectivity index (χ3n) is 1.92. The van der Waals surface area contributed by atoms with Crippen molar-refractivity contribution in [3.8, 4) is 0 Å². The minimum atomic E-state index is -2.95. The summed E-state index contributed by atoms with van der Waals surface area (Å²) >= 11 is 1.43. The van der Waals surface area contributed by atoms with Crippen LogP contribution in [0, 0.1) is 0 Å². The molecule has 17 heavy (non-hydrogen) atoms. The Morgan fingerprint density at radius 2 is 2.00 bits per heavy atom. The summed E-state index contributed by atoms with van der Waals surface area (Å²) < 4.78 is 22.0. The van der Waals surface area contributed by atoms with Crippen molar-refractivity contribution in [3.63, 3.8) is 0 Å². The Kier molecular flexibility index (Phi) is 5.01. The summed E-state index contributed by atoms with van der Waals surface area (Å²) in [7, 11) is -1.18. The standard InChI is InChI=1S/C9H16N4O2S2/c1-10-7-6-8(13-9(12-7)16-2)11-4-5-17(3,14)15/h6H,4-5H2,1-3H3,(H2,10,11,12,13). The second-order valence-corrected chi connectivity index (χ2v) is 6.46. The van der Waals surface area contributed by atoms with Crippen LogP contribution in [0.15, 0.2) is 11.2 Å². The number of thioether (sulfide) groups is 1. The summed E-state index contributed by atoms with van der Waals surface area (Å²) in [6, 6.07) is 1.74. The van der Waals surface area contributed by atoms with E-state index in [-0.39, 0.29) is 5.75 Å². The fourth-order valence-electron chi connectivity index (χ4n) is 1.10. The highest BCUT2D eigenvalue weighted by atomic mass is 32.2. The number of nitrogens with one attached hydrogen (secondary N) is 2. The summed E-state index contributed by atoms with van der Waals surface area (Å²) in [5.41, 5.74) is 0. The van der Waals surface area contributed by atoms with E-state index in [1.165, 1.54) is 18.0 Å². The normalized spacial score (nSPS) is 11.2. The third-order valence-corrected chi connectivity index (χ3v) is 3.42. The minimum absolute atomic E-state index is 0.0838. The van der Waals surface area contributed by atoms with Crippen molar-refractivity contribution < 1.29 is 8.42 Å². The zero-order chi connectivity index (χ0) is 12.9. The zero-order valence-corrected chi connectivity index (χ0v) is 11.7. The molecule has 0 atom stereocenters. The lowest BCUT2D eigenvalue weighted by atomic mass is 10.5. The molecule has 1 aromatic rings. The molecule has 0 amide bonds. The Morgan fingerprint density at radius 1 is 1.35 bits per heavy atom. The van der Waals surface area contributed by atoms with Gasteiger partial charge in [-0.2, -0.15) is 0 Å². The van der Waals surface area contributed by atoms with Gasteiger partial charge in [0.1, 0.15) is 21.5 Å². The molecule has 0 aliphatic heterocycles. The molecular formula is C9H16N4O2S2. The summed E-state index contributed by atoms with van der Waals surface area (Å²) in [6.45, 7) is 0.340. The highest BCUT2D eigenvalue weighted by molar-refractivity contribution is 7.98. The summed E-state index contributed by atoms with van der Waals surface area (Å²) in [5.74, 6) is 1.41. The number of sulfone groups is 1. The van der Waals surface area contributed by atoms with E-state index >= 15 is 0 Å². The largest absolute Gasteiger partial charge is 0.373 e. The molecule has 0 bridgehead atoms. The first-order chi connectivity index (χ1) is 7.94. The van der Waals surface area contributed by atoms with E-state index in [2.05, 4.69) is 20.6 Å². The van der Waals surface area contributed by atoms with E-state index in [0.717, 1.165) is 0 Å². The van der Waals surface area contributed by atoms with Gasteiger partial charge >= 0.3 is 0 Å². The predicted molar refractivity (Wildman–Crippen MR) is 71.6 cm³/mol. The van der Waals surface area contributed by atoms with Gasteiger partial charge in [-0.15, -0.1) is 0 Å². The molecule has 0 radical (unpaired) electrons. The second kappa shape index (κ2) is 6.06. The Morgan fingerprint density at radius 3 is 2.53 bits per heavy atom. The maximum atomic E-state index is 11.0. The van der Waals surface area contributed by atoms with Crippen LogP contribution in [-0.4, -0.2) is 50.2 Å². The highest BCUT2D eigenvalue weighted by Gasteiger charge is 2.05. The van der Waals surface area contributed by atoms with Crippen molar-refractivity contribution >= 4 is 33.2 Å². The molecule has 6 nitrogen and oxygen atoms in total. The monoisotopic (exact) mass is 276 g/mol. The summed E-state index contributed by atoms with van der Waals surface area (Å²) in [6.07, 6.45) is 3.09. The molecule has 0 unspecified atom stereocenters. The van der Waals surface area contributed by atoms with Gasteiger partial charge in [-0.1, -0.05) is 11.8 Å². The molecule has 2 N–H and O–H groups in total. The Hall–Kier alpha value is -1.02. The number of rotatable bonds is 6. The summed E-state index contributed by atoms with van der Waals surface area (Å²) in [4.78, 5) is 8.44. The first-order valence-electron chi connectivity index (χ1n) is 4.97. The van der Waals surface area contributed by atoms with Crippen molar-refractivity contribution in [2.75, 3.05) is 42.5 Å². The third kappa shape index (κ3) is 5.22. The molecule has 0 aliphatic rings. The first kappa shape index (κ1) is 14.0. The van der Waals surface area contributed by atoms with Crippen LogP contribution in [0.1, 0.15) is 0 Å². The van der Waals surface area contributed by atoms with Gasteiger partial charge in [-0.05, 0) is 6.26 Å². The Bertz CT molecular complexity index is 454. The number of nitrogens with zero attached hydrogens (tertiary/aromatic N) is 2. The van der Waals surface area contributed by atoms with Crippen molar-refractivity contribution in [1.82, 2.24) is 9.97 Å². The zero-order valence-electron chi connectivity index (χ0n) is 10.0. The van der Waals surface area contributed by atoms with Gasteiger partial charge in [0.25, 0.3) is 0 Å². The second-order valence-electron chi connectivity index (χ2n) is 3.43. The first-order valence-corrected chi connectivity index (χ1v) is 8.25. The van der Waals surface area contributed by atoms with Gasteiger partial charge in [0, 0.05) is 25.9 Å². The lowest BCUT2D eigenvalue weighted by Gasteiger charge is -2.08. The van der Waals surface area contributed by atoms with Gasteiger partial charge in [0.2, 0.25) is 0 Å². The van der Waals surface area contributed by atoms with E-state index in [0.29, 0.717) is 23.3 Å². The highest BCUT2D eigenvalue weighted by Crippen LogP contribution is 2.16. The van der Waals surface area contributed by atoms with Crippen molar-refractivity contribution in [1.29, 1.82) is 0 Å². The van der Waals surface area contributed by atoms with Crippen LogP contribution >= 0.6 is 11.8 Å². The average molecular weight is 276 g/mol. The number of hydrogen-bond acceptors (Lipinski definition) is 7. The van der Waals surface area contributed by atoms with Gasteiger partial charge in [0.15, 0.2) is 5.16 Å². The Balaban J connectivity index is 2.70. The molecule has 0 saturated carbocycles. The van der Waals surface area contributed by atoms with Crippen LogP contribution in [0.25, 0.3) is 0 Å². The smallest absolute Gasteiger partial charge is 0.191 e. The van der Waals surface area contributed by atoms with Crippen molar-refractivity contribution in [2.45, 2.75) is 5.16 Å². The van der Waals surface area contributed by atoms with Crippen LogP contribution in [0.5, 0.6) is 0 Å². The fraction of sp³-hybridized carbons (Fsp3) is 0.556. The average Bonchev–Trinajstić information content (AvgIpc) is 2.26. The molecule has 1 heterocycles. The Labute approximate surface area is 106 Å². The van der Waals surface area contributed by atoms with Crippen LogP contribution in [0.3, 0.4) is 0 Å². The molecule has 0 saturated heterocycles.